The van der Waals surface area contributed by atoms with Crippen molar-refractivity contribution in [3.63, 3.8) is 0 Å². The summed E-state index contributed by atoms with van der Waals surface area (Å²) in [6, 6.07) is 5.40. The molecule has 0 radical (unpaired) electrons. The molecular weight excluding hydrogens is 270 g/mol. The van der Waals surface area contributed by atoms with E-state index in [0.717, 1.165) is 13.0 Å². The van der Waals surface area contributed by atoms with E-state index >= 15 is 0 Å². The lowest BCUT2D eigenvalue weighted by Crippen LogP contribution is -2.28. The first-order valence-corrected chi connectivity index (χ1v) is 7.49. The van der Waals surface area contributed by atoms with Crippen LogP contribution in [0.2, 0.25) is 0 Å². The van der Waals surface area contributed by atoms with Crippen LogP contribution in [0.15, 0.2) is 18.2 Å². The van der Waals surface area contributed by atoms with Crippen LogP contribution in [0.1, 0.15) is 27.2 Å². The molecule has 0 saturated heterocycles. The van der Waals surface area contributed by atoms with Crippen LogP contribution >= 0.6 is 0 Å². The fraction of sp³-hybridized carbons (Fsp3) is 0.600. The van der Waals surface area contributed by atoms with Crippen LogP contribution < -0.4 is 10.2 Å². The van der Waals surface area contributed by atoms with E-state index in [-0.39, 0.29) is 10.6 Å². The second-order valence-electron chi connectivity index (χ2n) is 4.63. The summed E-state index contributed by atoms with van der Waals surface area (Å²) < 4.78 is 5.36. The molecule has 0 bridgehead atoms. The average molecular weight is 295 g/mol. The van der Waals surface area contributed by atoms with Gasteiger partial charge < -0.3 is 15.0 Å². The van der Waals surface area contributed by atoms with Crippen LogP contribution in [-0.4, -0.2) is 37.8 Å². The molecule has 0 saturated carbocycles. The summed E-state index contributed by atoms with van der Waals surface area (Å²) in [5.74, 6) is 0. The van der Waals surface area contributed by atoms with Crippen LogP contribution in [0.25, 0.3) is 0 Å². The Bertz CT molecular complexity index is 452. The highest BCUT2D eigenvalue weighted by molar-refractivity contribution is 5.77. The topological polar surface area (TPSA) is 67.6 Å². The fourth-order valence-corrected chi connectivity index (χ4v) is 2.15. The smallest absolute Gasteiger partial charge is 0.315 e. The molecule has 1 aromatic rings. The molecule has 0 unspecified atom stereocenters. The maximum atomic E-state index is 11.5. The number of nitrogens with zero attached hydrogens (tertiary/aromatic N) is 2. The normalized spacial score (nSPS) is 10.4. The number of hydrogen-bond acceptors (Lipinski definition) is 5. The first-order valence-electron chi connectivity index (χ1n) is 7.49. The van der Waals surface area contributed by atoms with Crippen LogP contribution in [0.4, 0.5) is 17.1 Å². The minimum Gasteiger partial charge on any atom is -0.380 e. The third kappa shape index (κ3) is 4.90. The Balaban J connectivity index is 3.05. The van der Waals surface area contributed by atoms with E-state index in [1.54, 1.807) is 12.1 Å². The monoisotopic (exact) mass is 295 g/mol. The van der Waals surface area contributed by atoms with Gasteiger partial charge in [-0.2, -0.15) is 0 Å². The van der Waals surface area contributed by atoms with Crippen molar-refractivity contribution in [2.45, 2.75) is 27.2 Å². The molecule has 0 aliphatic heterocycles. The van der Waals surface area contributed by atoms with Gasteiger partial charge in [-0.1, -0.05) is 13.0 Å². The Morgan fingerprint density at radius 1 is 1.33 bits per heavy atom. The highest BCUT2D eigenvalue weighted by atomic mass is 16.6. The van der Waals surface area contributed by atoms with E-state index in [2.05, 4.69) is 5.32 Å². The van der Waals surface area contributed by atoms with Crippen LogP contribution in [0.3, 0.4) is 0 Å². The molecule has 0 amide bonds. The van der Waals surface area contributed by atoms with Crippen molar-refractivity contribution in [3.8, 4) is 0 Å². The summed E-state index contributed by atoms with van der Waals surface area (Å²) in [6.45, 7) is 9.23. The van der Waals surface area contributed by atoms with Crippen LogP contribution in [0.5, 0.6) is 0 Å². The van der Waals surface area contributed by atoms with Gasteiger partial charge >= 0.3 is 5.69 Å². The van der Waals surface area contributed by atoms with Crippen LogP contribution in [0, 0.1) is 10.1 Å². The number of hydrogen-bond donors (Lipinski definition) is 1. The van der Waals surface area contributed by atoms with Gasteiger partial charge in [-0.25, -0.2) is 0 Å². The Kier molecular flexibility index (Phi) is 7.53. The maximum absolute atomic E-state index is 11.5. The highest BCUT2D eigenvalue weighted by Gasteiger charge is 2.22. The zero-order chi connectivity index (χ0) is 15.7. The van der Waals surface area contributed by atoms with Gasteiger partial charge in [-0.3, -0.25) is 10.1 Å². The Morgan fingerprint density at radius 3 is 2.67 bits per heavy atom. The minimum atomic E-state index is -0.309. The van der Waals surface area contributed by atoms with E-state index in [1.807, 2.05) is 31.7 Å². The molecule has 0 heterocycles. The summed E-state index contributed by atoms with van der Waals surface area (Å²) in [7, 11) is 0. The molecule has 0 aliphatic carbocycles. The molecule has 118 valence electrons. The van der Waals surface area contributed by atoms with Gasteiger partial charge in [0.05, 0.1) is 11.5 Å². The number of nitro groups is 1. The zero-order valence-corrected chi connectivity index (χ0v) is 13.1. The summed E-state index contributed by atoms with van der Waals surface area (Å²) in [4.78, 5) is 13.1. The molecule has 6 heteroatoms. The van der Waals surface area contributed by atoms with Gasteiger partial charge in [0, 0.05) is 26.2 Å². The fourth-order valence-electron chi connectivity index (χ4n) is 2.15. The Morgan fingerprint density at radius 2 is 2.10 bits per heavy atom. The van der Waals surface area contributed by atoms with Gasteiger partial charge in [-0.15, -0.1) is 0 Å². The lowest BCUT2D eigenvalue weighted by atomic mass is 10.2. The van der Waals surface area contributed by atoms with Crippen molar-refractivity contribution in [1.29, 1.82) is 0 Å². The second-order valence-corrected chi connectivity index (χ2v) is 4.63. The van der Waals surface area contributed by atoms with E-state index in [0.29, 0.717) is 37.7 Å². The standard InChI is InChI=1S/C15H25N3O3/c1-4-10-16-13-8-7-9-14(15(13)18(19)20)17(5-2)11-12-21-6-3/h7-9,16H,4-6,10-12H2,1-3H3. The number of likely N-dealkylation sites (N-methyl/N-ethyl adjacent to an activating group) is 1. The van der Waals surface area contributed by atoms with Crippen molar-refractivity contribution in [2.75, 3.05) is 43.1 Å². The van der Waals surface area contributed by atoms with Crippen molar-refractivity contribution in [2.24, 2.45) is 0 Å². The SMILES string of the molecule is CCCNc1cccc(N(CC)CCOCC)c1[N+](=O)[O-]. The summed E-state index contributed by atoms with van der Waals surface area (Å²) >= 11 is 0. The molecule has 0 atom stereocenters. The summed E-state index contributed by atoms with van der Waals surface area (Å²) in [5.41, 5.74) is 1.36. The van der Waals surface area contributed by atoms with Gasteiger partial charge in [-0.05, 0) is 32.4 Å². The molecule has 1 aromatic carbocycles. The van der Waals surface area contributed by atoms with Gasteiger partial charge in [0.2, 0.25) is 0 Å². The number of anilines is 2. The first-order chi connectivity index (χ1) is 10.2. The molecule has 1 N–H and O–H groups in total. The van der Waals surface area contributed by atoms with Crippen molar-refractivity contribution >= 4 is 17.1 Å². The minimum absolute atomic E-state index is 0.143. The van der Waals surface area contributed by atoms with E-state index in [9.17, 15) is 10.1 Å². The number of para-hydroxylation sites is 1. The zero-order valence-electron chi connectivity index (χ0n) is 13.1. The van der Waals surface area contributed by atoms with Crippen molar-refractivity contribution in [1.82, 2.24) is 0 Å². The molecule has 0 spiro atoms. The third-order valence-corrected chi connectivity index (χ3v) is 3.19. The van der Waals surface area contributed by atoms with E-state index < -0.39 is 0 Å². The van der Waals surface area contributed by atoms with Crippen molar-refractivity contribution in [3.05, 3.63) is 28.3 Å². The van der Waals surface area contributed by atoms with Gasteiger partial charge in [0.1, 0.15) is 11.4 Å². The number of nitrogens with one attached hydrogen (secondary N) is 1. The van der Waals surface area contributed by atoms with Crippen molar-refractivity contribution < 1.29 is 9.66 Å². The number of nitro benzene ring substituents is 1. The molecule has 6 nitrogen and oxygen atoms in total. The number of benzene rings is 1. The quantitative estimate of drug-likeness (QED) is 0.407. The molecule has 0 fully saturated rings. The number of rotatable bonds is 10. The van der Waals surface area contributed by atoms with E-state index in [4.69, 9.17) is 4.74 Å². The number of ether oxygens (including phenoxy) is 1. The summed E-state index contributed by atoms with van der Waals surface area (Å²) in [5, 5.41) is 14.6. The molecule has 1 rings (SSSR count). The highest BCUT2D eigenvalue weighted by Crippen LogP contribution is 2.35. The third-order valence-electron chi connectivity index (χ3n) is 3.19. The first kappa shape index (κ1) is 17.2. The second kappa shape index (κ2) is 9.18. The summed E-state index contributed by atoms with van der Waals surface area (Å²) in [6.07, 6.45) is 0.920. The predicted molar refractivity (Wildman–Crippen MR) is 86.3 cm³/mol. The lowest BCUT2D eigenvalue weighted by Gasteiger charge is -2.23. The van der Waals surface area contributed by atoms with Gasteiger partial charge in [0.25, 0.3) is 0 Å². The molecule has 0 aliphatic rings. The van der Waals surface area contributed by atoms with E-state index in [1.165, 1.54) is 0 Å². The lowest BCUT2D eigenvalue weighted by molar-refractivity contribution is -0.383. The average Bonchev–Trinajstić information content (AvgIpc) is 2.49. The molecular formula is C15H25N3O3. The predicted octanol–water partition coefficient (Wildman–Crippen LogP) is 3.28. The Hall–Kier alpha value is -1.82. The molecule has 21 heavy (non-hydrogen) atoms. The molecule has 0 aromatic heterocycles. The largest absolute Gasteiger partial charge is 0.380 e. The maximum Gasteiger partial charge on any atom is 0.315 e. The van der Waals surface area contributed by atoms with Crippen LogP contribution in [-0.2, 0) is 4.74 Å². The Labute approximate surface area is 126 Å². The van der Waals surface area contributed by atoms with Gasteiger partial charge in [0.15, 0.2) is 0 Å².